The lowest BCUT2D eigenvalue weighted by atomic mass is 9.69. The van der Waals surface area contributed by atoms with Crippen molar-refractivity contribution in [2.45, 2.75) is 50.3 Å². The maximum absolute atomic E-state index is 10.1. The molecule has 4 nitrogen and oxygen atoms in total. The molecule has 1 aromatic carbocycles. The lowest BCUT2D eigenvalue weighted by Gasteiger charge is -2.42. The van der Waals surface area contributed by atoms with Crippen molar-refractivity contribution < 1.29 is 14.6 Å². The molecular formula is C19H27NO3. The van der Waals surface area contributed by atoms with Gasteiger partial charge in [0.15, 0.2) is 11.5 Å². The molecule has 3 rings (SSSR count). The predicted octanol–water partition coefficient (Wildman–Crippen LogP) is 2.75. The van der Waals surface area contributed by atoms with Gasteiger partial charge in [0, 0.05) is 17.5 Å². The number of likely N-dealkylation sites (tertiary alicyclic amines) is 1. The monoisotopic (exact) mass is 317 g/mol. The third kappa shape index (κ3) is 2.64. The Labute approximate surface area is 138 Å². The zero-order valence-electron chi connectivity index (χ0n) is 14.5. The zero-order chi connectivity index (χ0) is 16.6. The highest BCUT2D eigenvalue weighted by Crippen LogP contribution is 2.48. The average Bonchev–Trinajstić information content (AvgIpc) is 2.94. The number of aliphatic hydroxyl groups is 1. The van der Waals surface area contributed by atoms with E-state index >= 15 is 0 Å². The summed E-state index contributed by atoms with van der Waals surface area (Å²) in [6.07, 6.45) is 5.66. The second-order valence-electron chi connectivity index (χ2n) is 6.87. The standard InChI is InChI=1S/C19H27NO3/c1-13(2)20-10-9-19(8-7-15(21)12-18(19)20)14-5-6-16(22-3)17(11-14)23-4/h5-8,11,13,15,18,21H,9-10,12H2,1-4H3/t15-,18-,19-/m0/s1. The minimum Gasteiger partial charge on any atom is -0.493 e. The quantitative estimate of drug-likeness (QED) is 0.867. The van der Waals surface area contributed by atoms with Gasteiger partial charge in [0.25, 0.3) is 0 Å². The van der Waals surface area contributed by atoms with Crippen molar-refractivity contribution in [2.24, 2.45) is 0 Å². The third-order valence-electron chi connectivity index (χ3n) is 5.44. The summed E-state index contributed by atoms with van der Waals surface area (Å²) in [6.45, 7) is 5.51. The summed E-state index contributed by atoms with van der Waals surface area (Å²) in [5.74, 6) is 1.52. The van der Waals surface area contributed by atoms with Crippen LogP contribution in [-0.2, 0) is 5.41 Å². The normalized spacial score (nSPS) is 30.5. The van der Waals surface area contributed by atoms with Gasteiger partial charge < -0.3 is 14.6 Å². The van der Waals surface area contributed by atoms with Crippen LogP contribution in [0.3, 0.4) is 0 Å². The lowest BCUT2D eigenvalue weighted by Crippen LogP contribution is -2.48. The number of aliphatic hydroxyl groups excluding tert-OH is 1. The van der Waals surface area contributed by atoms with E-state index in [2.05, 4.69) is 37.0 Å². The first kappa shape index (κ1) is 16.3. The van der Waals surface area contributed by atoms with Crippen molar-refractivity contribution in [3.8, 4) is 11.5 Å². The van der Waals surface area contributed by atoms with Crippen LogP contribution in [0.1, 0.15) is 32.3 Å². The van der Waals surface area contributed by atoms with Gasteiger partial charge in [-0.25, -0.2) is 0 Å². The van der Waals surface area contributed by atoms with E-state index in [-0.39, 0.29) is 11.5 Å². The minimum atomic E-state index is -0.354. The van der Waals surface area contributed by atoms with Crippen LogP contribution in [0, 0.1) is 0 Å². The fraction of sp³-hybridized carbons (Fsp3) is 0.579. The van der Waals surface area contributed by atoms with Gasteiger partial charge in [0.2, 0.25) is 0 Å². The van der Waals surface area contributed by atoms with Gasteiger partial charge in [0.05, 0.1) is 20.3 Å². The molecular weight excluding hydrogens is 290 g/mol. The van der Waals surface area contributed by atoms with Gasteiger partial charge in [-0.2, -0.15) is 0 Å². The van der Waals surface area contributed by atoms with E-state index < -0.39 is 0 Å². The van der Waals surface area contributed by atoms with Gasteiger partial charge in [0.1, 0.15) is 0 Å². The largest absolute Gasteiger partial charge is 0.493 e. The van der Waals surface area contributed by atoms with E-state index in [1.165, 1.54) is 5.56 Å². The van der Waals surface area contributed by atoms with Gasteiger partial charge in [-0.1, -0.05) is 18.2 Å². The van der Waals surface area contributed by atoms with Crippen LogP contribution >= 0.6 is 0 Å². The Balaban J connectivity index is 2.06. The lowest BCUT2D eigenvalue weighted by molar-refractivity contribution is 0.106. The Bertz CT molecular complexity index is 598. The molecule has 1 aliphatic heterocycles. The van der Waals surface area contributed by atoms with E-state index in [0.717, 1.165) is 30.9 Å². The molecule has 23 heavy (non-hydrogen) atoms. The summed E-state index contributed by atoms with van der Waals surface area (Å²) in [6, 6.07) is 7.01. The SMILES string of the molecule is COc1ccc([C@@]23C=C[C@H](O)C[C@@H]2N(C(C)C)CC3)cc1OC. The Morgan fingerprint density at radius 1 is 1.22 bits per heavy atom. The zero-order valence-corrected chi connectivity index (χ0v) is 14.5. The molecule has 0 radical (unpaired) electrons. The minimum absolute atomic E-state index is 0.0525. The van der Waals surface area contributed by atoms with Crippen molar-refractivity contribution >= 4 is 0 Å². The Hall–Kier alpha value is -1.52. The van der Waals surface area contributed by atoms with Gasteiger partial charge in [-0.05, 0) is 50.9 Å². The predicted molar refractivity (Wildman–Crippen MR) is 91.2 cm³/mol. The first-order valence-electron chi connectivity index (χ1n) is 8.37. The summed E-state index contributed by atoms with van der Waals surface area (Å²) >= 11 is 0. The first-order valence-corrected chi connectivity index (χ1v) is 8.37. The van der Waals surface area contributed by atoms with E-state index in [1.54, 1.807) is 14.2 Å². The molecule has 1 N–H and O–H groups in total. The molecule has 0 saturated carbocycles. The molecule has 2 aliphatic rings. The molecule has 1 aliphatic carbocycles. The van der Waals surface area contributed by atoms with Crippen LogP contribution in [-0.4, -0.2) is 49.0 Å². The maximum Gasteiger partial charge on any atom is 0.161 e. The molecule has 0 spiro atoms. The van der Waals surface area contributed by atoms with Gasteiger partial charge >= 0.3 is 0 Å². The van der Waals surface area contributed by atoms with Crippen LogP contribution in [0.4, 0.5) is 0 Å². The summed E-state index contributed by atoms with van der Waals surface area (Å²) in [4.78, 5) is 2.52. The third-order valence-corrected chi connectivity index (χ3v) is 5.44. The van der Waals surface area contributed by atoms with Crippen molar-refractivity contribution in [1.29, 1.82) is 0 Å². The van der Waals surface area contributed by atoms with Crippen molar-refractivity contribution in [3.05, 3.63) is 35.9 Å². The van der Waals surface area contributed by atoms with E-state index in [9.17, 15) is 5.11 Å². The molecule has 0 bridgehead atoms. The summed E-state index contributed by atoms with van der Waals surface area (Å²) < 4.78 is 10.9. The Morgan fingerprint density at radius 2 is 1.96 bits per heavy atom. The van der Waals surface area contributed by atoms with E-state index in [0.29, 0.717) is 12.1 Å². The summed E-state index contributed by atoms with van der Waals surface area (Å²) in [5.41, 5.74) is 1.19. The molecule has 0 aromatic heterocycles. The van der Waals surface area contributed by atoms with E-state index in [4.69, 9.17) is 9.47 Å². The number of rotatable bonds is 4. The second kappa shape index (κ2) is 6.17. The molecule has 4 heteroatoms. The summed E-state index contributed by atoms with van der Waals surface area (Å²) in [7, 11) is 3.33. The second-order valence-corrected chi connectivity index (χ2v) is 6.87. The van der Waals surface area contributed by atoms with Crippen LogP contribution < -0.4 is 9.47 Å². The molecule has 1 heterocycles. The van der Waals surface area contributed by atoms with Crippen molar-refractivity contribution in [2.75, 3.05) is 20.8 Å². The fourth-order valence-electron chi connectivity index (χ4n) is 4.24. The summed E-state index contributed by atoms with van der Waals surface area (Å²) in [5, 5.41) is 10.1. The topological polar surface area (TPSA) is 41.9 Å². The van der Waals surface area contributed by atoms with Crippen molar-refractivity contribution in [1.82, 2.24) is 4.90 Å². The highest BCUT2D eigenvalue weighted by molar-refractivity contribution is 5.48. The Morgan fingerprint density at radius 3 is 2.61 bits per heavy atom. The molecule has 3 atom stereocenters. The molecule has 0 unspecified atom stereocenters. The number of hydrogen-bond donors (Lipinski definition) is 1. The van der Waals surface area contributed by atoms with E-state index in [1.807, 2.05) is 12.1 Å². The van der Waals surface area contributed by atoms with Crippen LogP contribution in [0.5, 0.6) is 11.5 Å². The van der Waals surface area contributed by atoms with Crippen molar-refractivity contribution in [3.63, 3.8) is 0 Å². The van der Waals surface area contributed by atoms with Gasteiger partial charge in [-0.3, -0.25) is 4.90 Å². The van der Waals surface area contributed by atoms with Crippen LogP contribution in [0.15, 0.2) is 30.4 Å². The molecule has 0 amide bonds. The number of benzene rings is 1. The number of methoxy groups -OCH3 is 2. The molecule has 126 valence electrons. The smallest absolute Gasteiger partial charge is 0.161 e. The highest BCUT2D eigenvalue weighted by atomic mass is 16.5. The highest BCUT2D eigenvalue weighted by Gasteiger charge is 2.49. The molecule has 1 saturated heterocycles. The number of fused-ring (bicyclic) bond motifs is 1. The molecule has 1 aromatic rings. The fourth-order valence-corrected chi connectivity index (χ4v) is 4.24. The number of hydrogen-bond acceptors (Lipinski definition) is 4. The van der Waals surface area contributed by atoms with Gasteiger partial charge in [-0.15, -0.1) is 0 Å². The first-order chi connectivity index (χ1) is 11.0. The van der Waals surface area contributed by atoms with Crippen LogP contribution in [0.2, 0.25) is 0 Å². The Kier molecular flexibility index (Phi) is 4.39. The average molecular weight is 317 g/mol. The number of nitrogens with zero attached hydrogens (tertiary/aromatic N) is 1. The van der Waals surface area contributed by atoms with Crippen LogP contribution in [0.25, 0.3) is 0 Å². The maximum atomic E-state index is 10.1. The molecule has 1 fully saturated rings. The number of ether oxygens (including phenoxy) is 2.